The van der Waals surface area contributed by atoms with Crippen molar-refractivity contribution in [3.05, 3.63) is 57.8 Å². The number of benzene rings is 1. The lowest BCUT2D eigenvalue weighted by Gasteiger charge is -2.31. The highest BCUT2D eigenvalue weighted by molar-refractivity contribution is 6.31. The summed E-state index contributed by atoms with van der Waals surface area (Å²) in [5.74, 6) is -1.70. The van der Waals surface area contributed by atoms with E-state index < -0.39 is 11.8 Å². The molecule has 0 radical (unpaired) electrons. The molecule has 2 aromatic rings. The van der Waals surface area contributed by atoms with Crippen LogP contribution in [0.2, 0.25) is 5.02 Å². The van der Waals surface area contributed by atoms with Gasteiger partial charge in [0.2, 0.25) is 0 Å². The van der Waals surface area contributed by atoms with Crippen molar-refractivity contribution in [1.82, 2.24) is 5.32 Å². The SMILES string of the molecule is Cc1coc(CC(=O)O)c1C(=O)NCC1(c2ccc(F)cc2Cl)CCCC1. The highest BCUT2D eigenvalue weighted by Gasteiger charge is 2.38. The zero-order valence-corrected chi connectivity index (χ0v) is 15.7. The molecule has 1 aromatic carbocycles. The fourth-order valence-corrected chi connectivity index (χ4v) is 4.29. The van der Waals surface area contributed by atoms with Crippen molar-refractivity contribution in [3.8, 4) is 0 Å². The van der Waals surface area contributed by atoms with Gasteiger partial charge in [0.1, 0.15) is 18.0 Å². The molecule has 0 saturated heterocycles. The summed E-state index contributed by atoms with van der Waals surface area (Å²) in [5.41, 5.74) is 1.32. The van der Waals surface area contributed by atoms with Crippen molar-refractivity contribution in [2.24, 2.45) is 0 Å². The number of aliphatic carboxylic acids is 1. The molecule has 1 aliphatic carbocycles. The first kappa shape index (κ1) is 19.4. The number of carboxylic acid groups (broad SMARTS) is 1. The zero-order chi connectivity index (χ0) is 19.6. The number of rotatable bonds is 6. The summed E-state index contributed by atoms with van der Waals surface area (Å²) in [5, 5.41) is 12.3. The van der Waals surface area contributed by atoms with Gasteiger partial charge in [-0.2, -0.15) is 0 Å². The molecule has 3 rings (SSSR count). The van der Waals surface area contributed by atoms with E-state index in [1.165, 1.54) is 18.4 Å². The van der Waals surface area contributed by atoms with Crippen molar-refractivity contribution >= 4 is 23.5 Å². The van der Waals surface area contributed by atoms with Crippen molar-refractivity contribution in [1.29, 1.82) is 0 Å². The van der Waals surface area contributed by atoms with Crippen LogP contribution in [-0.2, 0) is 16.6 Å². The molecule has 1 heterocycles. The van der Waals surface area contributed by atoms with Gasteiger partial charge in [0, 0.05) is 22.5 Å². The molecule has 144 valence electrons. The van der Waals surface area contributed by atoms with E-state index in [2.05, 4.69) is 5.32 Å². The molecule has 0 aliphatic heterocycles. The molecule has 1 amide bonds. The molecule has 0 bridgehead atoms. The van der Waals surface area contributed by atoms with Gasteiger partial charge in [-0.15, -0.1) is 0 Å². The summed E-state index contributed by atoms with van der Waals surface area (Å²) in [6, 6.07) is 4.37. The van der Waals surface area contributed by atoms with E-state index in [4.69, 9.17) is 21.1 Å². The first-order valence-electron chi connectivity index (χ1n) is 8.85. The minimum Gasteiger partial charge on any atom is -0.481 e. The Balaban J connectivity index is 1.82. The smallest absolute Gasteiger partial charge is 0.311 e. The Morgan fingerprint density at radius 3 is 2.67 bits per heavy atom. The lowest BCUT2D eigenvalue weighted by molar-refractivity contribution is -0.136. The Labute approximate surface area is 161 Å². The molecule has 2 N–H and O–H groups in total. The van der Waals surface area contributed by atoms with Crippen molar-refractivity contribution in [2.75, 3.05) is 6.54 Å². The number of hydrogen-bond donors (Lipinski definition) is 2. The number of amides is 1. The van der Waals surface area contributed by atoms with Gasteiger partial charge in [-0.25, -0.2) is 4.39 Å². The predicted molar refractivity (Wildman–Crippen MR) is 98.7 cm³/mol. The summed E-state index contributed by atoms with van der Waals surface area (Å²) in [6.07, 6.45) is 4.70. The molecule has 0 atom stereocenters. The molecule has 1 aliphatic rings. The number of carbonyl (C=O) groups is 2. The Bertz CT molecular complexity index is 871. The first-order valence-corrected chi connectivity index (χ1v) is 9.23. The van der Waals surface area contributed by atoms with Gasteiger partial charge in [0.15, 0.2) is 0 Å². The van der Waals surface area contributed by atoms with Gasteiger partial charge in [-0.05, 0) is 37.5 Å². The second kappa shape index (κ2) is 7.72. The van der Waals surface area contributed by atoms with E-state index >= 15 is 0 Å². The van der Waals surface area contributed by atoms with Gasteiger partial charge in [-0.3, -0.25) is 9.59 Å². The van der Waals surface area contributed by atoms with Crippen LogP contribution in [0.15, 0.2) is 28.9 Å². The molecule has 1 aromatic heterocycles. The molecular formula is C20H21ClFNO4. The molecule has 0 unspecified atom stereocenters. The monoisotopic (exact) mass is 393 g/mol. The Kier molecular flexibility index (Phi) is 5.56. The van der Waals surface area contributed by atoms with E-state index in [0.29, 0.717) is 17.1 Å². The standard InChI is InChI=1S/C20H21ClFNO4/c1-12-10-27-16(9-17(24)25)18(12)19(26)23-11-20(6-2-3-7-20)14-5-4-13(22)8-15(14)21/h4-5,8,10H,2-3,6-7,9,11H2,1H3,(H,23,26)(H,24,25). The maximum atomic E-state index is 13.4. The quantitative estimate of drug-likeness (QED) is 0.768. The van der Waals surface area contributed by atoms with Gasteiger partial charge in [-0.1, -0.05) is 30.5 Å². The van der Waals surface area contributed by atoms with Crippen LogP contribution < -0.4 is 5.32 Å². The fourth-order valence-electron chi connectivity index (χ4n) is 3.92. The van der Waals surface area contributed by atoms with E-state index in [1.54, 1.807) is 13.0 Å². The largest absolute Gasteiger partial charge is 0.481 e. The summed E-state index contributed by atoms with van der Waals surface area (Å²) in [4.78, 5) is 23.7. The predicted octanol–water partition coefficient (Wildman–Crippen LogP) is 4.25. The number of hydrogen-bond acceptors (Lipinski definition) is 3. The van der Waals surface area contributed by atoms with E-state index in [0.717, 1.165) is 31.2 Å². The second-order valence-electron chi connectivity index (χ2n) is 7.08. The van der Waals surface area contributed by atoms with E-state index in [-0.39, 0.29) is 29.1 Å². The van der Waals surface area contributed by atoms with Crippen molar-refractivity contribution in [3.63, 3.8) is 0 Å². The molecule has 5 nitrogen and oxygen atoms in total. The van der Waals surface area contributed by atoms with Crippen LogP contribution in [0.3, 0.4) is 0 Å². The Morgan fingerprint density at radius 1 is 1.33 bits per heavy atom. The average Bonchev–Trinajstić information content (AvgIpc) is 3.20. The lowest BCUT2D eigenvalue weighted by Crippen LogP contribution is -2.39. The molecule has 7 heteroatoms. The summed E-state index contributed by atoms with van der Waals surface area (Å²) in [6.45, 7) is 2.04. The highest BCUT2D eigenvalue weighted by atomic mass is 35.5. The average molecular weight is 394 g/mol. The Morgan fingerprint density at radius 2 is 2.04 bits per heavy atom. The normalized spacial score (nSPS) is 15.7. The summed E-state index contributed by atoms with van der Waals surface area (Å²) >= 11 is 6.29. The third-order valence-corrected chi connectivity index (χ3v) is 5.55. The molecular weight excluding hydrogens is 373 g/mol. The van der Waals surface area contributed by atoms with Gasteiger partial charge in [0.25, 0.3) is 5.91 Å². The Hall–Kier alpha value is -2.34. The minimum absolute atomic E-state index is 0.137. The van der Waals surface area contributed by atoms with Gasteiger partial charge < -0.3 is 14.8 Å². The van der Waals surface area contributed by atoms with Gasteiger partial charge in [0.05, 0.1) is 11.8 Å². The maximum absolute atomic E-state index is 13.4. The van der Waals surface area contributed by atoms with Crippen LogP contribution in [0.25, 0.3) is 0 Å². The third-order valence-electron chi connectivity index (χ3n) is 5.24. The molecule has 0 spiro atoms. The number of halogens is 2. The van der Waals surface area contributed by atoms with E-state index in [9.17, 15) is 14.0 Å². The molecule has 27 heavy (non-hydrogen) atoms. The minimum atomic E-state index is -1.07. The highest BCUT2D eigenvalue weighted by Crippen LogP contribution is 2.43. The topological polar surface area (TPSA) is 79.5 Å². The maximum Gasteiger partial charge on any atom is 0.311 e. The first-order chi connectivity index (χ1) is 12.8. The van der Waals surface area contributed by atoms with Crippen LogP contribution in [-0.4, -0.2) is 23.5 Å². The lowest BCUT2D eigenvalue weighted by atomic mass is 9.78. The van der Waals surface area contributed by atoms with E-state index in [1.807, 2.05) is 0 Å². The third kappa shape index (κ3) is 4.00. The van der Waals surface area contributed by atoms with Crippen LogP contribution in [0, 0.1) is 12.7 Å². The number of aryl methyl sites for hydroxylation is 1. The van der Waals surface area contributed by atoms with Crippen LogP contribution in [0.4, 0.5) is 4.39 Å². The molecule has 1 fully saturated rings. The fraction of sp³-hybridized carbons (Fsp3) is 0.400. The summed E-state index contributed by atoms with van der Waals surface area (Å²) in [7, 11) is 0. The van der Waals surface area contributed by atoms with Gasteiger partial charge >= 0.3 is 5.97 Å². The number of nitrogens with one attached hydrogen (secondary N) is 1. The number of furan rings is 1. The second-order valence-corrected chi connectivity index (χ2v) is 7.49. The van der Waals surface area contributed by atoms with Crippen LogP contribution >= 0.6 is 11.6 Å². The van der Waals surface area contributed by atoms with Crippen LogP contribution in [0.5, 0.6) is 0 Å². The number of carbonyl (C=O) groups excluding carboxylic acids is 1. The van der Waals surface area contributed by atoms with Crippen LogP contribution in [0.1, 0.15) is 52.9 Å². The number of carboxylic acids is 1. The molecule has 1 saturated carbocycles. The summed E-state index contributed by atoms with van der Waals surface area (Å²) < 4.78 is 18.7. The van der Waals surface area contributed by atoms with Crippen molar-refractivity contribution < 1.29 is 23.5 Å². The zero-order valence-electron chi connectivity index (χ0n) is 15.0. The van der Waals surface area contributed by atoms with Crippen molar-refractivity contribution in [2.45, 2.75) is 44.4 Å².